The van der Waals surface area contributed by atoms with Crippen molar-refractivity contribution in [2.45, 2.75) is 69.4 Å². The topological polar surface area (TPSA) is 75.5 Å². The number of piperazine rings is 1. The molecule has 8 heteroatoms. The van der Waals surface area contributed by atoms with Crippen LogP contribution in [0.2, 0.25) is 0 Å². The Hall–Kier alpha value is -2.03. The fraction of sp³-hybridized carbons (Fsp3) is 0.600. The molecule has 0 spiro atoms. The highest BCUT2D eigenvalue weighted by Gasteiger charge is 2.41. The summed E-state index contributed by atoms with van der Waals surface area (Å²) in [6.07, 6.45) is 10.2. The standard InChI is InChI=1S/C25H36N4O3S/c1-20-8-7-9-21(2)24(20)22(30)10-13-25(11-5-4-6-12-25)28-14-16-29(17-15-28)33(31,32)23-18-27(3)19-26-23/h7-9,18-19H,4-6,10-17H2,1-3H3. The number of carbonyl (C=O) groups is 1. The van der Waals surface area contributed by atoms with Crippen LogP contribution in [0.25, 0.3) is 0 Å². The van der Waals surface area contributed by atoms with Gasteiger partial charge in [-0.25, -0.2) is 13.4 Å². The number of nitrogens with zero attached hydrogens (tertiary/aromatic N) is 4. The first-order valence-electron chi connectivity index (χ1n) is 12.1. The third-order valence-electron chi connectivity index (χ3n) is 7.56. The van der Waals surface area contributed by atoms with Gasteiger partial charge in [-0.3, -0.25) is 9.69 Å². The molecule has 1 saturated carbocycles. The van der Waals surface area contributed by atoms with Gasteiger partial charge in [-0.2, -0.15) is 4.31 Å². The molecule has 0 radical (unpaired) electrons. The smallest absolute Gasteiger partial charge is 0.262 e. The van der Waals surface area contributed by atoms with Gasteiger partial charge in [-0.05, 0) is 44.2 Å². The number of imidazole rings is 1. The Morgan fingerprint density at radius 2 is 1.67 bits per heavy atom. The minimum Gasteiger partial charge on any atom is -0.339 e. The Kier molecular flexibility index (Phi) is 7.07. The number of carbonyl (C=O) groups excluding carboxylic acids is 1. The van der Waals surface area contributed by atoms with Crippen LogP contribution in [0.1, 0.15) is 66.4 Å². The molecule has 33 heavy (non-hydrogen) atoms. The summed E-state index contributed by atoms with van der Waals surface area (Å²) in [4.78, 5) is 19.7. The average molecular weight is 473 g/mol. The molecule has 0 N–H and O–H groups in total. The first-order valence-corrected chi connectivity index (χ1v) is 13.5. The van der Waals surface area contributed by atoms with Crippen LogP contribution < -0.4 is 0 Å². The predicted octanol–water partition coefficient (Wildman–Crippen LogP) is 3.71. The largest absolute Gasteiger partial charge is 0.339 e. The number of hydrogen-bond donors (Lipinski definition) is 0. The van der Waals surface area contributed by atoms with Crippen molar-refractivity contribution in [1.82, 2.24) is 18.8 Å². The fourth-order valence-corrected chi connectivity index (χ4v) is 7.11. The Bertz CT molecular complexity index is 1070. The lowest BCUT2D eigenvalue weighted by Crippen LogP contribution is -2.58. The summed E-state index contributed by atoms with van der Waals surface area (Å²) >= 11 is 0. The lowest BCUT2D eigenvalue weighted by Gasteiger charge is -2.49. The van der Waals surface area contributed by atoms with Crippen molar-refractivity contribution < 1.29 is 13.2 Å². The summed E-state index contributed by atoms with van der Waals surface area (Å²) in [7, 11) is -1.79. The van der Waals surface area contributed by atoms with E-state index < -0.39 is 10.0 Å². The van der Waals surface area contributed by atoms with Crippen LogP contribution in [0.3, 0.4) is 0 Å². The predicted molar refractivity (Wildman–Crippen MR) is 129 cm³/mol. The third-order valence-corrected chi connectivity index (χ3v) is 9.34. The van der Waals surface area contributed by atoms with Gasteiger partial charge in [0.2, 0.25) is 0 Å². The SMILES string of the molecule is Cc1cccc(C)c1C(=O)CCC1(N2CCN(S(=O)(=O)c3cn(C)cn3)CC2)CCCCC1. The highest BCUT2D eigenvalue weighted by Crippen LogP contribution is 2.39. The molecule has 2 aliphatic rings. The summed E-state index contributed by atoms with van der Waals surface area (Å²) in [5.74, 6) is 0.229. The molecule has 0 bridgehead atoms. The molecule has 2 aromatic rings. The van der Waals surface area contributed by atoms with Crippen LogP contribution in [-0.2, 0) is 17.1 Å². The molecule has 180 valence electrons. The van der Waals surface area contributed by atoms with Gasteiger partial charge in [-0.1, -0.05) is 37.5 Å². The van der Waals surface area contributed by atoms with Crippen LogP contribution in [0, 0.1) is 13.8 Å². The molecule has 0 amide bonds. The van der Waals surface area contributed by atoms with Gasteiger partial charge in [0.25, 0.3) is 10.0 Å². The Morgan fingerprint density at radius 1 is 1.03 bits per heavy atom. The summed E-state index contributed by atoms with van der Waals surface area (Å²) < 4.78 is 29.2. The summed E-state index contributed by atoms with van der Waals surface area (Å²) in [6.45, 7) is 6.35. The lowest BCUT2D eigenvalue weighted by atomic mass is 9.76. The van der Waals surface area contributed by atoms with Crippen molar-refractivity contribution in [2.75, 3.05) is 26.2 Å². The molecular weight excluding hydrogens is 436 g/mol. The maximum atomic E-state index is 13.2. The van der Waals surface area contributed by atoms with Gasteiger partial charge in [0.1, 0.15) is 0 Å². The lowest BCUT2D eigenvalue weighted by molar-refractivity contribution is 0.0165. The highest BCUT2D eigenvalue weighted by molar-refractivity contribution is 7.89. The molecule has 7 nitrogen and oxygen atoms in total. The molecule has 0 unspecified atom stereocenters. The second kappa shape index (κ2) is 9.68. The molecule has 4 rings (SSSR count). The minimum atomic E-state index is -3.57. The van der Waals surface area contributed by atoms with E-state index in [4.69, 9.17) is 0 Å². The quantitative estimate of drug-likeness (QED) is 0.574. The van der Waals surface area contributed by atoms with Crippen molar-refractivity contribution in [3.8, 4) is 0 Å². The number of hydrogen-bond acceptors (Lipinski definition) is 5. The van der Waals surface area contributed by atoms with Crippen LogP contribution in [0.4, 0.5) is 0 Å². The molecule has 1 aromatic carbocycles. The molecule has 1 aliphatic carbocycles. The highest BCUT2D eigenvalue weighted by atomic mass is 32.2. The summed E-state index contributed by atoms with van der Waals surface area (Å²) in [5.41, 5.74) is 2.96. The van der Waals surface area contributed by atoms with E-state index in [1.54, 1.807) is 22.1 Å². The number of aryl methyl sites for hydroxylation is 3. The van der Waals surface area contributed by atoms with Crippen molar-refractivity contribution in [3.63, 3.8) is 0 Å². The van der Waals surface area contributed by atoms with E-state index in [1.165, 1.54) is 25.6 Å². The van der Waals surface area contributed by atoms with Crippen LogP contribution >= 0.6 is 0 Å². The van der Waals surface area contributed by atoms with E-state index in [0.29, 0.717) is 32.6 Å². The minimum absolute atomic E-state index is 0.00858. The van der Waals surface area contributed by atoms with Gasteiger partial charge in [-0.15, -0.1) is 0 Å². The molecule has 1 aliphatic heterocycles. The number of aromatic nitrogens is 2. The van der Waals surface area contributed by atoms with E-state index in [0.717, 1.165) is 36.0 Å². The van der Waals surface area contributed by atoms with Crippen molar-refractivity contribution in [2.24, 2.45) is 7.05 Å². The zero-order valence-corrected chi connectivity index (χ0v) is 20.9. The van der Waals surface area contributed by atoms with Gasteiger partial charge >= 0.3 is 0 Å². The van der Waals surface area contributed by atoms with E-state index in [2.05, 4.69) is 9.88 Å². The second-order valence-electron chi connectivity index (χ2n) is 9.74. The molecule has 1 saturated heterocycles. The van der Waals surface area contributed by atoms with Crippen molar-refractivity contribution >= 4 is 15.8 Å². The number of Topliss-reactive ketones (excluding diaryl/α,β-unsaturated/α-hetero) is 1. The molecule has 0 atom stereocenters. The van der Waals surface area contributed by atoms with Gasteiger partial charge in [0.15, 0.2) is 10.8 Å². The first kappa shape index (κ1) is 24.1. The fourth-order valence-electron chi connectivity index (χ4n) is 5.72. The zero-order valence-electron chi connectivity index (χ0n) is 20.1. The number of rotatable bonds is 7. The number of ketones is 1. The van der Waals surface area contributed by atoms with Gasteiger partial charge < -0.3 is 4.57 Å². The van der Waals surface area contributed by atoms with Gasteiger partial charge in [0.05, 0.1) is 6.33 Å². The Balaban J connectivity index is 1.45. The second-order valence-corrected chi connectivity index (χ2v) is 11.6. The third kappa shape index (κ3) is 4.93. The van der Waals surface area contributed by atoms with E-state index in [1.807, 2.05) is 32.0 Å². The number of benzene rings is 1. The van der Waals surface area contributed by atoms with E-state index in [9.17, 15) is 13.2 Å². The molecular formula is C25H36N4O3S. The maximum absolute atomic E-state index is 13.2. The Labute approximate surface area is 197 Å². The van der Waals surface area contributed by atoms with Crippen LogP contribution in [0.15, 0.2) is 35.7 Å². The van der Waals surface area contributed by atoms with Crippen LogP contribution in [-0.4, -0.2) is 64.7 Å². The first-order chi connectivity index (χ1) is 15.7. The Morgan fingerprint density at radius 3 is 2.24 bits per heavy atom. The zero-order chi connectivity index (χ0) is 23.6. The normalized spacial score (nSPS) is 20.1. The molecule has 2 fully saturated rings. The monoisotopic (exact) mass is 472 g/mol. The molecule has 2 heterocycles. The average Bonchev–Trinajstić information content (AvgIpc) is 3.25. The van der Waals surface area contributed by atoms with Crippen LogP contribution in [0.5, 0.6) is 0 Å². The van der Waals surface area contributed by atoms with E-state index >= 15 is 0 Å². The van der Waals surface area contributed by atoms with Gasteiger partial charge in [0, 0.05) is 56.9 Å². The summed E-state index contributed by atoms with van der Waals surface area (Å²) in [5, 5.41) is 0.116. The van der Waals surface area contributed by atoms with Crippen molar-refractivity contribution in [3.05, 3.63) is 47.4 Å². The number of sulfonamides is 1. The maximum Gasteiger partial charge on any atom is 0.262 e. The van der Waals surface area contributed by atoms with E-state index in [-0.39, 0.29) is 16.3 Å². The van der Waals surface area contributed by atoms with Crippen molar-refractivity contribution in [1.29, 1.82) is 0 Å². The summed E-state index contributed by atoms with van der Waals surface area (Å²) in [6, 6.07) is 6.03. The molecule has 1 aromatic heterocycles.